The minimum absolute atomic E-state index is 0.0712. The molecule has 0 radical (unpaired) electrons. The summed E-state index contributed by atoms with van der Waals surface area (Å²) in [5, 5.41) is 0. The van der Waals surface area contributed by atoms with Gasteiger partial charge < -0.3 is 19.3 Å². The number of rotatable bonds is 7. The van der Waals surface area contributed by atoms with Crippen molar-refractivity contribution in [2.45, 2.75) is 20.0 Å². The van der Waals surface area contributed by atoms with Gasteiger partial charge in [-0.1, -0.05) is 13.2 Å². The summed E-state index contributed by atoms with van der Waals surface area (Å²) in [5.41, 5.74) is 0.197. The Kier molecular flexibility index (Phi) is 6.69. The predicted octanol–water partition coefficient (Wildman–Crippen LogP) is 0.771. The molecule has 1 unspecified atom stereocenters. The zero-order chi connectivity index (χ0) is 15.2. The van der Waals surface area contributed by atoms with E-state index in [1.807, 2.05) is 0 Å². The molecule has 0 aromatic carbocycles. The van der Waals surface area contributed by atoms with Crippen LogP contribution < -0.4 is 0 Å². The van der Waals surface area contributed by atoms with Crippen molar-refractivity contribution in [1.29, 1.82) is 0 Å². The van der Waals surface area contributed by atoms with Gasteiger partial charge in [0.15, 0.2) is 0 Å². The molecule has 0 aliphatic carbocycles. The molecule has 19 heavy (non-hydrogen) atoms. The normalized spacial score (nSPS) is 12.4. The maximum atomic E-state index is 11.3. The zero-order valence-electron chi connectivity index (χ0n) is 10.8. The van der Waals surface area contributed by atoms with Crippen molar-refractivity contribution in [1.82, 2.24) is 0 Å². The Morgan fingerprint density at radius 2 is 1.63 bits per heavy atom. The van der Waals surface area contributed by atoms with E-state index in [2.05, 4.69) is 13.2 Å². The molecule has 0 aromatic rings. The van der Waals surface area contributed by atoms with Crippen LogP contribution in [0.5, 0.6) is 0 Å². The van der Waals surface area contributed by atoms with Crippen LogP contribution in [0.25, 0.3) is 0 Å². The van der Waals surface area contributed by atoms with E-state index in [0.29, 0.717) is 0 Å². The molecular weight excluding hydrogens is 275 g/mol. The Morgan fingerprint density at radius 3 is 2.00 bits per heavy atom. The van der Waals surface area contributed by atoms with Gasteiger partial charge in [0.1, 0.15) is 12.7 Å². The van der Waals surface area contributed by atoms with Crippen molar-refractivity contribution >= 4 is 19.5 Å². The second-order valence-electron chi connectivity index (χ2n) is 4.03. The highest BCUT2D eigenvalue weighted by atomic mass is 31.2. The molecule has 0 fully saturated rings. The zero-order valence-corrected chi connectivity index (χ0v) is 11.7. The molecule has 0 saturated carbocycles. The van der Waals surface area contributed by atoms with Gasteiger partial charge in [-0.3, -0.25) is 4.57 Å². The van der Waals surface area contributed by atoms with E-state index >= 15 is 0 Å². The number of hydrogen-bond donors (Lipinski definition) is 2. The van der Waals surface area contributed by atoms with Crippen molar-refractivity contribution in [2.24, 2.45) is 0 Å². The largest absolute Gasteiger partial charge is 0.458 e. The van der Waals surface area contributed by atoms with E-state index in [4.69, 9.17) is 19.3 Å². The Labute approximate surface area is 111 Å². The summed E-state index contributed by atoms with van der Waals surface area (Å²) in [6.45, 7) is 9.02. The molecule has 0 aliphatic heterocycles. The van der Waals surface area contributed by atoms with E-state index in [1.54, 1.807) is 0 Å². The van der Waals surface area contributed by atoms with Gasteiger partial charge in [-0.05, 0) is 13.8 Å². The lowest BCUT2D eigenvalue weighted by atomic mass is 10.3. The molecule has 2 N–H and O–H groups in total. The average molecular weight is 292 g/mol. The summed E-state index contributed by atoms with van der Waals surface area (Å²) >= 11 is 0. The first-order chi connectivity index (χ1) is 8.53. The Bertz CT molecular complexity index is 434. The lowest BCUT2D eigenvalue weighted by molar-refractivity contribution is -0.152. The molecule has 7 nitrogen and oxygen atoms in total. The van der Waals surface area contributed by atoms with E-state index in [-0.39, 0.29) is 11.1 Å². The second-order valence-corrected chi connectivity index (χ2v) is 5.73. The monoisotopic (exact) mass is 292 g/mol. The molecule has 0 heterocycles. The lowest BCUT2D eigenvalue weighted by Crippen LogP contribution is -2.29. The van der Waals surface area contributed by atoms with Gasteiger partial charge in [-0.2, -0.15) is 0 Å². The molecule has 108 valence electrons. The Balaban J connectivity index is 4.64. The average Bonchev–Trinajstić information content (AvgIpc) is 2.22. The standard InChI is InChI=1S/C11H17O7P/c1-7(2)10(12)17-5-9(6-19(14,15)16)18-11(13)8(3)4/h9H,1,3,5-6H2,2,4H3,(H2,14,15,16). The number of carbonyl (C=O) groups is 2. The molecule has 0 amide bonds. The van der Waals surface area contributed by atoms with Crippen LogP contribution >= 0.6 is 7.60 Å². The van der Waals surface area contributed by atoms with Crippen LogP contribution in [0.1, 0.15) is 13.8 Å². The van der Waals surface area contributed by atoms with Crippen molar-refractivity contribution in [3.63, 3.8) is 0 Å². The fourth-order valence-electron chi connectivity index (χ4n) is 0.933. The van der Waals surface area contributed by atoms with E-state index in [1.165, 1.54) is 13.8 Å². The van der Waals surface area contributed by atoms with Gasteiger partial charge in [-0.15, -0.1) is 0 Å². The SMILES string of the molecule is C=C(C)C(=O)OCC(CP(=O)(O)O)OC(=O)C(=C)C. The molecule has 0 aromatic heterocycles. The third kappa shape index (κ3) is 8.31. The van der Waals surface area contributed by atoms with Crippen LogP contribution in [-0.2, 0) is 23.6 Å². The smallest absolute Gasteiger partial charge is 0.333 e. The predicted molar refractivity (Wildman–Crippen MR) is 67.4 cm³/mol. The van der Waals surface area contributed by atoms with Crippen LogP contribution in [0.3, 0.4) is 0 Å². The number of carbonyl (C=O) groups excluding carboxylic acids is 2. The van der Waals surface area contributed by atoms with Crippen LogP contribution in [-0.4, -0.2) is 40.6 Å². The maximum Gasteiger partial charge on any atom is 0.333 e. The van der Waals surface area contributed by atoms with Crippen molar-refractivity contribution in [2.75, 3.05) is 12.8 Å². The molecule has 1 atom stereocenters. The first kappa shape index (κ1) is 17.6. The third-order valence-corrected chi connectivity index (χ3v) is 2.70. The van der Waals surface area contributed by atoms with Gasteiger partial charge >= 0.3 is 19.5 Å². The van der Waals surface area contributed by atoms with Gasteiger partial charge in [0.05, 0.1) is 6.16 Å². The number of hydrogen-bond acceptors (Lipinski definition) is 5. The van der Waals surface area contributed by atoms with E-state index < -0.39 is 38.4 Å². The highest BCUT2D eigenvalue weighted by Crippen LogP contribution is 2.35. The number of esters is 2. The maximum absolute atomic E-state index is 11.3. The topological polar surface area (TPSA) is 110 Å². The van der Waals surface area contributed by atoms with Crippen LogP contribution in [0.2, 0.25) is 0 Å². The fraction of sp³-hybridized carbons (Fsp3) is 0.455. The first-order valence-electron chi connectivity index (χ1n) is 5.26. The van der Waals surface area contributed by atoms with Crippen molar-refractivity contribution in [3.8, 4) is 0 Å². The minimum atomic E-state index is -4.41. The molecule has 0 aliphatic rings. The summed E-state index contributed by atoms with van der Waals surface area (Å²) in [6, 6.07) is 0. The molecule has 0 bridgehead atoms. The lowest BCUT2D eigenvalue weighted by Gasteiger charge is -2.18. The van der Waals surface area contributed by atoms with Gasteiger partial charge in [0, 0.05) is 11.1 Å². The minimum Gasteiger partial charge on any atom is -0.458 e. The number of ether oxygens (including phenoxy) is 2. The van der Waals surface area contributed by atoms with Crippen LogP contribution in [0, 0.1) is 0 Å². The molecule has 0 spiro atoms. The third-order valence-electron chi connectivity index (χ3n) is 1.81. The molecule has 8 heteroatoms. The quantitative estimate of drug-likeness (QED) is 0.405. The summed E-state index contributed by atoms with van der Waals surface area (Å²) in [6.07, 6.45) is -1.98. The second kappa shape index (κ2) is 7.23. The van der Waals surface area contributed by atoms with Crippen molar-refractivity contribution < 1.29 is 33.4 Å². The van der Waals surface area contributed by atoms with E-state index in [9.17, 15) is 14.2 Å². The molecular formula is C11H17O7P. The Hall–Kier alpha value is -1.43. The van der Waals surface area contributed by atoms with E-state index in [0.717, 1.165) is 0 Å². The van der Waals surface area contributed by atoms with Gasteiger partial charge in [-0.25, -0.2) is 9.59 Å². The van der Waals surface area contributed by atoms with Crippen LogP contribution in [0.4, 0.5) is 0 Å². The van der Waals surface area contributed by atoms with Gasteiger partial charge in [0.2, 0.25) is 0 Å². The summed E-state index contributed by atoms with van der Waals surface area (Å²) in [5.74, 6) is -1.55. The fourth-order valence-corrected chi connectivity index (χ4v) is 1.64. The van der Waals surface area contributed by atoms with Crippen molar-refractivity contribution in [3.05, 3.63) is 24.3 Å². The summed E-state index contributed by atoms with van der Waals surface area (Å²) < 4.78 is 20.4. The molecule has 0 saturated heterocycles. The Morgan fingerprint density at radius 1 is 1.16 bits per heavy atom. The summed E-state index contributed by atoms with van der Waals surface area (Å²) in [7, 11) is -4.41. The highest BCUT2D eigenvalue weighted by molar-refractivity contribution is 7.51. The van der Waals surface area contributed by atoms with Crippen LogP contribution in [0.15, 0.2) is 24.3 Å². The van der Waals surface area contributed by atoms with Gasteiger partial charge in [0.25, 0.3) is 0 Å². The summed E-state index contributed by atoms with van der Waals surface area (Å²) in [4.78, 5) is 40.2. The first-order valence-corrected chi connectivity index (χ1v) is 7.06. The highest BCUT2D eigenvalue weighted by Gasteiger charge is 2.26. The molecule has 0 rings (SSSR count).